The molecule has 28 heavy (non-hydrogen) atoms. The van der Waals surface area contributed by atoms with Crippen LogP contribution in [0.1, 0.15) is 33.2 Å². The summed E-state index contributed by atoms with van der Waals surface area (Å²) in [6.07, 6.45) is 0. The number of ether oxygens (including phenoxy) is 4. The van der Waals surface area contributed by atoms with E-state index in [-0.39, 0.29) is 51.3 Å². The van der Waals surface area contributed by atoms with Crippen LogP contribution in [0.5, 0.6) is 28.7 Å². The number of carbonyl (C=O) groups excluding carboxylic acids is 1. The summed E-state index contributed by atoms with van der Waals surface area (Å²) in [4.78, 5) is 23.8. The zero-order valence-corrected chi connectivity index (χ0v) is 16.4. The average Bonchev–Trinajstić information content (AvgIpc) is 2.63. The van der Waals surface area contributed by atoms with Gasteiger partial charge in [-0.2, -0.15) is 0 Å². The quantitative estimate of drug-likeness (QED) is 0.658. The minimum Gasteiger partial charge on any atom is -0.507 e. The molecule has 2 aromatic carbocycles. The molecule has 0 unspecified atom stereocenters. The number of aromatic hydroxyl groups is 1. The van der Waals surface area contributed by atoms with Crippen LogP contribution in [0, 0.1) is 6.92 Å². The van der Waals surface area contributed by atoms with Crippen molar-refractivity contribution in [3.05, 3.63) is 39.9 Å². The summed E-state index contributed by atoms with van der Waals surface area (Å²) in [5.41, 5.74) is -0.128. The summed E-state index contributed by atoms with van der Waals surface area (Å²) in [6.45, 7) is 3.29. The summed E-state index contributed by atoms with van der Waals surface area (Å²) >= 11 is 6.13. The summed E-state index contributed by atoms with van der Waals surface area (Å²) < 4.78 is 21.0. The van der Waals surface area contributed by atoms with Crippen LogP contribution in [0.15, 0.2) is 18.2 Å². The Kier molecular flexibility index (Phi) is 6.58. The molecule has 0 aliphatic rings. The first-order valence-corrected chi connectivity index (χ1v) is 8.49. The number of carboxylic acid groups (broad SMARTS) is 1. The number of methoxy groups -OCH3 is 2. The molecule has 2 N–H and O–H groups in total. The fourth-order valence-corrected chi connectivity index (χ4v) is 2.86. The molecule has 150 valence electrons. The fraction of sp³-hybridized carbons (Fsp3) is 0.263. The minimum absolute atomic E-state index is 0.00636. The SMILES string of the molecule is CCOC(=O)c1c(O)cc(Oc2c(Cl)ccc(OC)c2C(=O)O)c(OC)c1C. The molecule has 0 fully saturated rings. The van der Waals surface area contributed by atoms with E-state index in [2.05, 4.69) is 0 Å². The molecule has 0 aliphatic heterocycles. The van der Waals surface area contributed by atoms with Gasteiger partial charge in [0.1, 0.15) is 22.6 Å². The molecule has 2 rings (SSSR count). The highest BCUT2D eigenvalue weighted by molar-refractivity contribution is 6.32. The van der Waals surface area contributed by atoms with Crippen molar-refractivity contribution in [1.82, 2.24) is 0 Å². The van der Waals surface area contributed by atoms with Gasteiger partial charge >= 0.3 is 11.9 Å². The Labute approximate surface area is 166 Å². The number of carbonyl (C=O) groups is 2. The Morgan fingerprint density at radius 2 is 1.75 bits per heavy atom. The van der Waals surface area contributed by atoms with Crippen molar-refractivity contribution in [2.24, 2.45) is 0 Å². The van der Waals surface area contributed by atoms with Crippen molar-refractivity contribution >= 4 is 23.5 Å². The highest BCUT2D eigenvalue weighted by atomic mass is 35.5. The number of phenolic OH excluding ortho intramolecular Hbond substituents is 1. The van der Waals surface area contributed by atoms with Gasteiger partial charge in [0.05, 0.1) is 25.8 Å². The molecule has 9 heteroatoms. The number of hydrogen-bond donors (Lipinski definition) is 2. The molecule has 0 heterocycles. The molecular formula is C19H19ClO8. The number of hydrogen-bond acceptors (Lipinski definition) is 7. The van der Waals surface area contributed by atoms with Gasteiger partial charge in [0, 0.05) is 11.6 Å². The molecule has 0 radical (unpaired) electrons. The van der Waals surface area contributed by atoms with Gasteiger partial charge in [-0.3, -0.25) is 0 Å². The predicted molar refractivity (Wildman–Crippen MR) is 100 cm³/mol. The van der Waals surface area contributed by atoms with E-state index in [1.54, 1.807) is 6.92 Å². The van der Waals surface area contributed by atoms with Crippen LogP contribution in [0.3, 0.4) is 0 Å². The highest BCUT2D eigenvalue weighted by Crippen LogP contribution is 2.45. The summed E-state index contributed by atoms with van der Waals surface area (Å²) in [5.74, 6) is -2.56. The van der Waals surface area contributed by atoms with Gasteiger partial charge in [-0.15, -0.1) is 0 Å². The smallest absolute Gasteiger partial charge is 0.343 e. The maximum absolute atomic E-state index is 12.1. The maximum atomic E-state index is 12.1. The molecule has 0 saturated heterocycles. The number of carboxylic acids is 1. The van der Waals surface area contributed by atoms with E-state index in [0.717, 1.165) is 6.07 Å². The molecule has 0 aromatic heterocycles. The second-order valence-corrected chi connectivity index (χ2v) is 5.92. The first kappa shape index (κ1) is 21.2. The van der Waals surface area contributed by atoms with E-state index in [0.29, 0.717) is 0 Å². The fourth-order valence-electron chi connectivity index (χ4n) is 2.66. The van der Waals surface area contributed by atoms with Crippen LogP contribution in [0.4, 0.5) is 0 Å². The number of halogens is 1. The number of aromatic carboxylic acids is 1. The van der Waals surface area contributed by atoms with Gasteiger partial charge in [0.2, 0.25) is 0 Å². The number of rotatable bonds is 7. The van der Waals surface area contributed by atoms with Gasteiger partial charge < -0.3 is 29.2 Å². The van der Waals surface area contributed by atoms with E-state index < -0.39 is 17.7 Å². The van der Waals surface area contributed by atoms with Crippen molar-refractivity contribution in [2.75, 3.05) is 20.8 Å². The minimum atomic E-state index is -1.32. The molecule has 0 saturated carbocycles. The predicted octanol–water partition coefficient (Wildman–Crippen LogP) is 4.04. The van der Waals surface area contributed by atoms with Gasteiger partial charge in [-0.05, 0) is 26.0 Å². The first-order valence-electron chi connectivity index (χ1n) is 8.12. The summed E-state index contributed by atoms with van der Waals surface area (Å²) in [5, 5.41) is 19.8. The molecule has 8 nitrogen and oxygen atoms in total. The normalized spacial score (nSPS) is 10.3. The zero-order valence-electron chi connectivity index (χ0n) is 15.7. The molecule has 0 amide bonds. The van der Waals surface area contributed by atoms with Crippen molar-refractivity contribution in [1.29, 1.82) is 0 Å². The van der Waals surface area contributed by atoms with Crippen LogP contribution in [-0.4, -0.2) is 43.0 Å². The van der Waals surface area contributed by atoms with E-state index in [1.807, 2.05) is 0 Å². The first-order chi connectivity index (χ1) is 13.3. The van der Waals surface area contributed by atoms with Crippen molar-refractivity contribution in [2.45, 2.75) is 13.8 Å². The van der Waals surface area contributed by atoms with Crippen molar-refractivity contribution in [3.63, 3.8) is 0 Å². The Morgan fingerprint density at radius 3 is 2.29 bits per heavy atom. The van der Waals surface area contributed by atoms with Crippen LogP contribution in [0.25, 0.3) is 0 Å². The van der Waals surface area contributed by atoms with Crippen LogP contribution >= 0.6 is 11.6 Å². The van der Waals surface area contributed by atoms with Gasteiger partial charge in [0.15, 0.2) is 17.2 Å². The number of benzene rings is 2. The number of esters is 1. The lowest BCUT2D eigenvalue weighted by atomic mass is 10.1. The Bertz CT molecular complexity index is 923. The standard InChI is InChI=1S/C19H19ClO8/c1-5-27-19(24)14-9(2)16(26-4)13(8-11(14)21)28-17-10(20)6-7-12(25-3)15(17)18(22)23/h6-8,21H,5H2,1-4H3,(H,22,23). The third-order valence-corrected chi connectivity index (χ3v) is 4.16. The van der Waals surface area contributed by atoms with E-state index in [1.165, 1.54) is 33.3 Å². The summed E-state index contributed by atoms with van der Waals surface area (Å²) in [7, 11) is 2.65. The Hall–Kier alpha value is -3.13. The average molecular weight is 411 g/mol. The molecule has 0 bridgehead atoms. The maximum Gasteiger partial charge on any atom is 0.343 e. The Morgan fingerprint density at radius 1 is 1.07 bits per heavy atom. The van der Waals surface area contributed by atoms with Crippen LogP contribution in [0.2, 0.25) is 5.02 Å². The van der Waals surface area contributed by atoms with Gasteiger partial charge in [-0.25, -0.2) is 9.59 Å². The van der Waals surface area contributed by atoms with Gasteiger partial charge in [0.25, 0.3) is 0 Å². The van der Waals surface area contributed by atoms with Crippen LogP contribution in [-0.2, 0) is 4.74 Å². The monoisotopic (exact) mass is 410 g/mol. The lowest BCUT2D eigenvalue weighted by Gasteiger charge is -2.18. The second-order valence-electron chi connectivity index (χ2n) is 5.51. The highest BCUT2D eigenvalue weighted by Gasteiger charge is 2.26. The Balaban J connectivity index is 2.66. The molecule has 0 atom stereocenters. The third kappa shape index (κ3) is 3.91. The van der Waals surface area contributed by atoms with Crippen molar-refractivity contribution < 1.29 is 38.7 Å². The lowest BCUT2D eigenvalue weighted by Crippen LogP contribution is -2.09. The number of phenols is 1. The molecule has 0 spiro atoms. The molecular weight excluding hydrogens is 392 g/mol. The van der Waals surface area contributed by atoms with Gasteiger partial charge in [-0.1, -0.05) is 11.6 Å². The summed E-state index contributed by atoms with van der Waals surface area (Å²) in [6, 6.07) is 3.93. The zero-order chi connectivity index (χ0) is 21.0. The van der Waals surface area contributed by atoms with E-state index >= 15 is 0 Å². The second kappa shape index (κ2) is 8.71. The largest absolute Gasteiger partial charge is 0.507 e. The van der Waals surface area contributed by atoms with E-state index in [4.69, 9.17) is 30.5 Å². The lowest BCUT2D eigenvalue weighted by molar-refractivity contribution is 0.0521. The third-order valence-electron chi connectivity index (χ3n) is 3.86. The van der Waals surface area contributed by atoms with Crippen molar-refractivity contribution in [3.8, 4) is 28.7 Å². The molecule has 0 aliphatic carbocycles. The topological polar surface area (TPSA) is 112 Å². The molecule has 2 aromatic rings. The van der Waals surface area contributed by atoms with E-state index in [9.17, 15) is 19.8 Å². The van der Waals surface area contributed by atoms with Crippen LogP contribution < -0.4 is 14.2 Å².